The van der Waals surface area contributed by atoms with Gasteiger partial charge < -0.3 is 14.2 Å². The summed E-state index contributed by atoms with van der Waals surface area (Å²) in [5.41, 5.74) is -0.463. The fourth-order valence-electron chi connectivity index (χ4n) is 2.77. The summed E-state index contributed by atoms with van der Waals surface area (Å²) in [5.74, 6) is 0.724. The second-order valence-electron chi connectivity index (χ2n) is 5.79. The van der Waals surface area contributed by atoms with E-state index in [-0.39, 0.29) is 41.5 Å². The molecular formula is C15H15ClF3N5O2. The zero-order valence-corrected chi connectivity index (χ0v) is 14.2. The molecule has 0 amide bonds. The quantitative estimate of drug-likeness (QED) is 0.703. The molecule has 2 N–H and O–H groups in total. The Morgan fingerprint density at radius 1 is 1.08 bits per heavy atom. The number of halogens is 4. The molecule has 0 aliphatic carbocycles. The van der Waals surface area contributed by atoms with Crippen LogP contribution in [0.5, 0.6) is 0 Å². The average Bonchev–Trinajstić information content (AvgIpc) is 3.20. The van der Waals surface area contributed by atoms with E-state index in [1.165, 1.54) is 6.07 Å². The molecule has 140 valence electrons. The predicted octanol–water partition coefficient (Wildman–Crippen LogP) is 3.86. The zero-order chi connectivity index (χ0) is 17.4. The van der Waals surface area contributed by atoms with E-state index >= 15 is 0 Å². The number of rotatable bonds is 3. The molecule has 1 aliphatic heterocycles. The number of hydrogen-bond acceptors (Lipinski definition) is 7. The Morgan fingerprint density at radius 2 is 1.85 bits per heavy atom. The maximum atomic E-state index is 12.7. The van der Waals surface area contributed by atoms with E-state index in [1.807, 2.05) is 0 Å². The van der Waals surface area contributed by atoms with Gasteiger partial charge in [-0.2, -0.15) is 18.2 Å². The summed E-state index contributed by atoms with van der Waals surface area (Å²) in [6.45, 7) is 1.78. The lowest BCUT2D eigenvalue weighted by atomic mass is 9.98. The van der Waals surface area contributed by atoms with Gasteiger partial charge in [0, 0.05) is 5.92 Å². The summed E-state index contributed by atoms with van der Waals surface area (Å²) < 4.78 is 49.1. The number of nitrogens with one attached hydrogen (secondary N) is 2. The van der Waals surface area contributed by atoms with E-state index in [9.17, 15) is 13.2 Å². The second-order valence-corrected chi connectivity index (χ2v) is 5.79. The van der Waals surface area contributed by atoms with Crippen LogP contribution >= 0.6 is 12.4 Å². The first-order valence-electron chi connectivity index (χ1n) is 7.78. The number of anilines is 2. The van der Waals surface area contributed by atoms with Gasteiger partial charge in [-0.25, -0.2) is 0 Å². The molecule has 3 heterocycles. The maximum Gasteiger partial charge on any atom is 0.416 e. The van der Waals surface area contributed by atoms with Gasteiger partial charge in [0.15, 0.2) is 5.58 Å². The van der Waals surface area contributed by atoms with Crippen molar-refractivity contribution in [2.45, 2.75) is 24.9 Å². The van der Waals surface area contributed by atoms with Gasteiger partial charge in [-0.3, -0.25) is 5.32 Å². The number of oxazole rings is 1. The Labute approximate surface area is 151 Å². The van der Waals surface area contributed by atoms with Gasteiger partial charge in [0.1, 0.15) is 5.52 Å². The van der Waals surface area contributed by atoms with Crippen molar-refractivity contribution < 1.29 is 22.0 Å². The van der Waals surface area contributed by atoms with Crippen LogP contribution in [0.4, 0.5) is 25.2 Å². The van der Waals surface area contributed by atoms with Crippen LogP contribution in [0, 0.1) is 0 Å². The van der Waals surface area contributed by atoms with E-state index in [4.69, 9.17) is 8.83 Å². The summed E-state index contributed by atoms with van der Waals surface area (Å²) >= 11 is 0. The summed E-state index contributed by atoms with van der Waals surface area (Å²) in [6, 6.07) is 3.19. The average molecular weight is 390 g/mol. The van der Waals surface area contributed by atoms with E-state index in [0.717, 1.165) is 38.1 Å². The topological polar surface area (TPSA) is 89.0 Å². The molecule has 7 nitrogen and oxygen atoms in total. The van der Waals surface area contributed by atoms with Gasteiger partial charge in [0.05, 0.1) is 5.56 Å². The van der Waals surface area contributed by atoms with Crippen molar-refractivity contribution >= 4 is 35.5 Å². The number of benzene rings is 1. The molecule has 1 aliphatic rings. The van der Waals surface area contributed by atoms with Crippen LogP contribution < -0.4 is 10.6 Å². The van der Waals surface area contributed by atoms with Crippen LogP contribution in [0.15, 0.2) is 27.0 Å². The molecule has 11 heteroatoms. The standard InChI is InChI=1S/C15H14F3N5O2.ClH/c16-15(17,18)9-1-2-11-10(7-9)20-13(24-11)21-14-23-22-12(25-14)8-3-5-19-6-4-8;/h1-2,7-8,19H,3-6H2,(H,20,21,23);1H. The largest absolute Gasteiger partial charge is 0.423 e. The molecule has 4 rings (SSSR count). The van der Waals surface area contributed by atoms with E-state index in [0.29, 0.717) is 5.89 Å². The van der Waals surface area contributed by atoms with Crippen molar-refractivity contribution in [2.75, 3.05) is 18.4 Å². The van der Waals surface area contributed by atoms with Crippen LogP contribution in [-0.2, 0) is 6.18 Å². The third-order valence-electron chi connectivity index (χ3n) is 4.06. The Hall–Kier alpha value is -2.33. The molecule has 3 aromatic rings. The van der Waals surface area contributed by atoms with Crippen LogP contribution in [0.3, 0.4) is 0 Å². The molecule has 0 atom stereocenters. The van der Waals surface area contributed by atoms with Crippen molar-refractivity contribution in [1.82, 2.24) is 20.5 Å². The fraction of sp³-hybridized carbons (Fsp3) is 0.400. The van der Waals surface area contributed by atoms with Crippen LogP contribution in [0.25, 0.3) is 11.1 Å². The minimum atomic E-state index is -4.43. The van der Waals surface area contributed by atoms with Gasteiger partial charge in [-0.1, -0.05) is 5.10 Å². The molecule has 0 unspecified atom stereocenters. The van der Waals surface area contributed by atoms with E-state index < -0.39 is 11.7 Å². The summed E-state index contributed by atoms with van der Waals surface area (Å²) in [7, 11) is 0. The van der Waals surface area contributed by atoms with Crippen LogP contribution in [0.1, 0.15) is 30.2 Å². The van der Waals surface area contributed by atoms with Crippen molar-refractivity contribution in [1.29, 1.82) is 0 Å². The monoisotopic (exact) mass is 389 g/mol. The van der Waals surface area contributed by atoms with Crippen molar-refractivity contribution in [3.8, 4) is 0 Å². The minimum absolute atomic E-state index is 0. The van der Waals surface area contributed by atoms with Crippen molar-refractivity contribution in [3.05, 3.63) is 29.7 Å². The first-order chi connectivity index (χ1) is 12.0. The van der Waals surface area contributed by atoms with Gasteiger partial charge in [0.25, 0.3) is 0 Å². The molecule has 2 aromatic heterocycles. The lowest BCUT2D eigenvalue weighted by molar-refractivity contribution is -0.137. The molecule has 0 bridgehead atoms. The third-order valence-corrected chi connectivity index (χ3v) is 4.06. The predicted molar refractivity (Wildman–Crippen MR) is 88.7 cm³/mol. The lowest BCUT2D eigenvalue weighted by Crippen LogP contribution is -2.26. The van der Waals surface area contributed by atoms with Gasteiger partial charge in [0.2, 0.25) is 5.89 Å². The molecule has 0 spiro atoms. The van der Waals surface area contributed by atoms with Crippen LogP contribution in [-0.4, -0.2) is 28.3 Å². The first kappa shape index (κ1) is 18.5. The Balaban J connectivity index is 0.00000196. The van der Waals surface area contributed by atoms with Gasteiger partial charge >= 0.3 is 18.2 Å². The second kappa shape index (κ2) is 7.12. The highest BCUT2D eigenvalue weighted by Crippen LogP contribution is 2.32. The van der Waals surface area contributed by atoms with Crippen molar-refractivity contribution in [3.63, 3.8) is 0 Å². The number of alkyl halides is 3. The molecule has 0 saturated carbocycles. The van der Waals surface area contributed by atoms with Crippen molar-refractivity contribution in [2.24, 2.45) is 0 Å². The highest BCUT2D eigenvalue weighted by Gasteiger charge is 2.31. The minimum Gasteiger partial charge on any atom is -0.423 e. The summed E-state index contributed by atoms with van der Waals surface area (Å²) in [6.07, 6.45) is -2.62. The lowest BCUT2D eigenvalue weighted by Gasteiger charge is -2.18. The summed E-state index contributed by atoms with van der Waals surface area (Å²) in [5, 5.41) is 13.8. The number of nitrogens with zero attached hydrogens (tertiary/aromatic N) is 3. The highest BCUT2D eigenvalue weighted by atomic mass is 35.5. The third kappa shape index (κ3) is 3.75. The normalized spacial score (nSPS) is 15.8. The van der Waals surface area contributed by atoms with E-state index in [1.54, 1.807) is 0 Å². The Bertz CT molecular complexity index is 889. The first-order valence-corrected chi connectivity index (χ1v) is 7.78. The zero-order valence-electron chi connectivity index (χ0n) is 13.3. The SMILES string of the molecule is Cl.FC(F)(F)c1ccc2oc(Nc3nnc(C4CCNCC4)o3)nc2c1. The number of hydrogen-bond donors (Lipinski definition) is 2. The number of fused-ring (bicyclic) bond motifs is 1. The number of piperidine rings is 1. The van der Waals surface area contributed by atoms with Gasteiger partial charge in [-0.15, -0.1) is 17.5 Å². The number of aromatic nitrogens is 3. The van der Waals surface area contributed by atoms with Gasteiger partial charge in [-0.05, 0) is 44.1 Å². The molecule has 0 radical (unpaired) electrons. The summed E-state index contributed by atoms with van der Waals surface area (Å²) in [4.78, 5) is 3.99. The molecule has 26 heavy (non-hydrogen) atoms. The smallest absolute Gasteiger partial charge is 0.416 e. The van der Waals surface area contributed by atoms with E-state index in [2.05, 4.69) is 25.8 Å². The Morgan fingerprint density at radius 3 is 2.58 bits per heavy atom. The maximum absolute atomic E-state index is 12.7. The molecule has 1 saturated heterocycles. The molecular weight excluding hydrogens is 375 g/mol. The van der Waals surface area contributed by atoms with Crippen LogP contribution in [0.2, 0.25) is 0 Å². The molecule has 1 fully saturated rings. The Kier molecular flexibility index (Phi) is 5.05. The highest BCUT2D eigenvalue weighted by molar-refractivity contribution is 5.85. The fourth-order valence-corrected chi connectivity index (χ4v) is 2.77. The molecule has 1 aromatic carbocycles.